The van der Waals surface area contributed by atoms with Gasteiger partial charge in [0.15, 0.2) is 5.76 Å². The van der Waals surface area contributed by atoms with Crippen molar-refractivity contribution in [2.24, 2.45) is 0 Å². The third kappa shape index (κ3) is 3.17. The Morgan fingerprint density at radius 3 is 2.55 bits per heavy atom. The Hall–Kier alpha value is -3.93. The second kappa shape index (κ2) is 7.40. The fourth-order valence-corrected chi connectivity index (χ4v) is 3.87. The van der Waals surface area contributed by atoms with E-state index in [1.54, 1.807) is 13.2 Å². The Balaban J connectivity index is 1.54. The number of anilines is 1. The second-order valence-electron chi connectivity index (χ2n) is 7.25. The van der Waals surface area contributed by atoms with Crippen LogP contribution < -0.4 is 14.8 Å². The largest absolute Gasteiger partial charge is 0.495 e. The Morgan fingerprint density at radius 2 is 1.74 bits per heavy atom. The third-order valence-corrected chi connectivity index (χ3v) is 5.37. The summed E-state index contributed by atoms with van der Waals surface area (Å²) in [4.78, 5) is 13.1. The first-order valence-corrected chi connectivity index (χ1v) is 10.1. The number of rotatable bonds is 5. The third-order valence-electron chi connectivity index (χ3n) is 5.37. The van der Waals surface area contributed by atoms with Crippen LogP contribution in [0.4, 0.5) is 5.69 Å². The summed E-state index contributed by atoms with van der Waals surface area (Å²) in [6.45, 7) is 4.35. The van der Waals surface area contributed by atoms with Crippen LogP contribution in [0.3, 0.4) is 0 Å². The van der Waals surface area contributed by atoms with Crippen molar-refractivity contribution < 1.29 is 23.1 Å². The van der Waals surface area contributed by atoms with E-state index in [0.29, 0.717) is 29.2 Å². The van der Waals surface area contributed by atoms with Gasteiger partial charge in [0.25, 0.3) is 5.91 Å². The van der Waals surface area contributed by atoms with Gasteiger partial charge in [-0.05, 0) is 44.2 Å². The average molecular weight is 415 g/mol. The number of para-hydroxylation sites is 1. The summed E-state index contributed by atoms with van der Waals surface area (Å²) in [6, 6.07) is 17.0. The summed E-state index contributed by atoms with van der Waals surface area (Å²) in [6.07, 6.45) is 0. The molecule has 0 saturated carbocycles. The minimum Gasteiger partial charge on any atom is -0.495 e. The number of ether oxygens (including phenoxy) is 2. The van der Waals surface area contributed by atoms with Crippen LogP contribution in [0.2, 0.25) is 0 Å². The molecule has 6 nitrogen and oxygen atoms in total. The predicted molar refractivity (Wildman–Crippen MR) is 120 cm³/mol. The number of benzene rings is 3. The van der Waals surface area contributed by atoms with Crippen LogP contribution in [0.15, 0.2) is 63.4 Å². The van der Waals surface area contributed by atoms with Crippen molar-refractivity contribution >= 4 is 44.5 Å². The molecule has 6 heteroatoms. The number of hydrogen-bond donors (Lipinski definition) is 1. The summed E-state index contributed by atoms with van der Waals surface area (Å²) in [7, 11) is 1.57. The highest BCUT2D eigenvalue weighted by Gasteiger charge is 2.21. The SMILES string of the molecule is CCOc1ccc2oc(C(=O)Nc3cc4oc5ccccc5c4cc3OC)c(C)c2c1. The van der Waals surface area contributed by atoms with E-state index in [4.69, 9.17) is 18.3 Å². The Kier molecular flexibility index (Phi) is 4.55. The maximum absolute atomic E-state index is 13.1. The van der Waals surface area contributed by atoms with Crippen LogP contribution in [-0.4, -0.2) is 19.6 Å². The van der Waals surface area contributed by atoms with Crippen LogP contribution in [0.1, 0.15) is 23.0 Å². The zero-order valence-electron chi connectivity index (χ0n) is 17.4. The van der Waals surface area contributed by atoms with E-state index in [1.807, 2.05) is 62.4 Å². The number of carbonyl (C=O) groups excluding carboxylic acids is 1. The van der Waals surface area contributed by atoms with Crippen molar-refractivity contribution in [3.8, 4) is 11.5 Å². The molecule has 0 saturated heterocycles. The van der Waals surface area contributed by atoms with Crippen molar-refractivity contribution in [1.29, 1.82) is 0 Å². The minimum absolute atomic E-state index is 0.246. The molecule has 0 spiro atoms. The van der Waals surface area contributed by atoms with Gasteiger partial charge in [-0.15, -0.1) is 0 Å². The number of furan rings is 2. The number of hydrogen-bond acceptors (Lipinski definition) is 5. The first-order chi connectivity index (χ1) is 15.1. The molecule has 0 fully saturated rings. The predicted octanol–water partition coefficient (Wildman–Crippen LogP) is 6.30. The minimum atomic E-state index is -0.361. The van der Waals surface area contributed by atoms with Gasteiger partial charge in [-0.2, -0.15) is 0 Å². The van der Waals surface area contributed by atoms with Crippen LogP contribution in [0.5, 0.6) is 11.5 Å². The lowest BCUT2D eigenvalue weighted by Gasteiger charge is -2.09. The maximum Gasteiger partial charge on any atom is 0.291 e. The molecule has 0 bridgehead atoms. The number of nitrogens with one attached hydrogen (secondary N) is 1. The van der Waals surface area contributed by atoms with Crippen molar-refractivity contribution in [2.75, 3.05) is 19.0 Å². The smallest absolute Gasteiger partial charge is 0.291 e. The normalized spacial score (nSPS) is 11.3. The van der Waals surface area contributed by atoms with E-state index < -0.39 is 0 Å². The number of methoxy groups -OCH3 is 1. The van der Waals surface area contributed by atoms with Gasteiger partial charge in [-0.25, -0.2) is 0 Å². The van der Waals surface area contributed by atoms with E-state index in [-0.39, 0.29) is 11.7 Å². The summed E-state index contributed by atoms with van der Waals surface area (Å²) in [5.41, 5.74) is 3.33. The molecule has 3 aromatic carbocycles. The van der Waals surface area contributed by atoms with Gasteiger partial charge in [-0.1, -0.05) is 18.2 Å². The van der Waals surface area contributed by atoms with Crippen molar-refractivity contribution in [3.05, 3.63) is 65.9 Å². The van der Waals surface area contributed by atoms with Gasteiger partial charge in [0.05, 0.1) is 19.4 Å². The molecule has 0 aliphatic carbocycles. The lowest BCUT2D eigenvalue weighted by molar-refractivity contribution is 0.0997. The van der Waals surface area contributed by atoms with E-state index in [9.17, 15) is 4.79 Å². The average Bonchev–Trinajstić information content (AvgIpc) is 3.30. The molecule has 2 heterocycles. The highest BCUT2D eigenvalue weighted by Crippen LogP contribution is 2.37. The summed E-state index contributed by atoms with van der Waals surface area (Å²) in [5, 5.41) is 5.67. The Labute approximate surface area is 178 Å². The highest BCUT2D eigenvalue weighted by molar-refractivity contribution is 6.10. The lowest BCUT2D eigenvalue weighted by Crippen LogP contribution is -2.12. The first-order valence-electron chi connectivity index (χ1n) is 10.1. The fourth-order valence-electron chi connectivity index (χ4n) is 3.87. The van der Waals surface area contributed by atoms with Crippen LogP contribution in [0, 0.1) is 6.92 Å². The topological polar surface area (TPSA) is 73.8 Å². The molecule has 2 aromatic heterocycles. The number of fused-ring (bicyclic) bond motifs is 4. The fraction of sp³-hybridized carbons (Fsp3) is 0.160. The summed E-state index contributed by atoms with van der Waals surface area (Å²) < 4.78 is 22.9. The number of amides is 1. The summed E-state index contributed by atoms with van der Waals surface area (Å²) >= 11 is 0. The molecular formula is C25H21NO5. The molecule has 5 aromatic rings. The summed E-state index contributed by atoms with van der Waals surface area (Å²) in [5.74, 6) is 1.17. The van der Waals surface area contributed by atoms with Gasteiger partial charge in [0.2, 0.25) is 0 Å². The molecule has 0 unspecified atom stereocenters. The van der Waals surface area contributed by atoms with Crippen LogP contribution >= 0.6 is 0 Å². The molecule has 0 aliphatic rings. The van der Waals surface area contributed by atoms with Gasteiger partial charge in [-0.3, -0.25) is 4.79 Å². The standard InChI is InChI=1S/C25H21NO5/c1-4-29-15-9-10-21-17(11-15)14(2)24(31-21)25(27)26-19-13-22-18(12-23(19)28-3)16-7-5-6-8-20(16)30-22/h5-13H,4H2,1-3H3,(H,26,27). The first kappa shape index (κ1) is 19.1. The molecule has 5 rings (SSSR count). The van der Waals surface area contributed by atoms with Gasteiger partial charge >= 0.3 is 0 Å². The van der Waals surface area contributed by atoms with Crippen molar-refractivity contribution in [2.45, 2.75) is 13.8 Å². The molecule has 0 aliphatic heterocycles. The zero-order chi connectivity index (χ0) is 21.5. The van der Waals surface area contributed by atoms with E-state index >= 15 is 0 Å². The van der Waals surface area contributed by atoms with E-state index in [0.717, 1.165) is 33.1 Å². The van der Waals surface area contributed by atoms with Gasteiger partial charge in [0, 0.05) is 27.8 Å². The monoisotopic (exact) mass is 415 g/mol. The van der Waals surface area contributed by atoms with Crippen molar-refractivity contribution in [1.82, 2.24) is 0 Å². The number of carbonyl (C=O) groups is 1. The molecule has 156 valence electrons. The quantitative estimate of drug-likeness (QED) is 0.365. The number of aryl methyl sites for hydroxylation is 1. The van der Waals surface area contributed by atoms with Crippen LogP contribution in [0.25, 0.3) is 32.9 Å². The van der Waals surface area contributed by atoms with Crippen LogP contribution in [-0.2, 0) is 0 Å². The van der Waals surface area contributed by atoms with Crippen molar-refractivity contribution in [3.63, 3.8) is 0 Å². The van der Waals surface area contributed by atoms with Gasteiger partial charge in [0.1, 0.15) is 28.2 Å². The molecule has 31 heavy (non-hydrogen) atoms. The molecule has 0 atom stereocenters. The molecular weight excluding hydrogens is 394 g/mol. The second-order valence-corrected chi connectivity index (χ2v) is 7.25. The maximum atomic E-state index is 13.1. The highest BCUT2D eigenvalue weighted by atomic mass is 16.5. The molecule has 0 radical (unpaired) electrons. The van der Waals surface area contributed by atoms with E-state index in [1.165, 1.54) is 0 Å². The lowest BCUT2D eigenvalue weighted by atomic mass is 10.1. The Morgan fingerprint density at radius 1 is 0.935 bits per heavy atom. The van der Waals surface area contributed by atoms with Gasteiger partial charge < -0.3 is 23.6 Å². The zero-order valence-corrected chi connectivity index (χ0v) is 17.4. The van der Waals surface area contributed by atoms with E-state index in [2.05, 4.69) is 5.32 Å². The molecule has 1 amide bonds. The molecule has 1 N–H and O–H groups in total. The Bertz CT molecular complexity index is 1440.